The van der Waals surface area contributed by atoms with E-state index in [-0.39, 0.29) is 24.5 Å². The lowest BCUT2D eigenvalue weighted by Gasteiger charge is -2.39. The van der Waals surface area contributed by atoms with E-state index in [9.17, 15) is 9.59 Å². The average molecular weight is 441 g/mol. The number of carbonyl (C=O) groups is 2. The molecule has 0 aliphatic carbocycles. The Bertz CT molecular complexity index is 998. The van der Waals surface area contributed by atoms with Gasteiger partial charge in [-0.3, -0.25) is 4.90 Å². The number of anilines is 2. The van der Waals surface area contributed by atoms with Crippen LogP contribution in [0.3, 0.4) is 0 Å². The molecular weight excluding hydrogens is 411 g/mol. The molecule has 7 nitrogen and oxygen atoms in total. The van der Waals surface area contributed by atoms with Crippen LogP contribution in [0.25, 0.3) is 0 Å². The van der Waals surface area contributed by atoms with Crippen LogP contribution >= 0.6 is 0 Å². The van der Waals surface area contributed by atoms with Crippen molar-refractivity contribution in [3.63, 3.8) is 0 Å². The van der Waals surface area contributed by atoms with Gasteiger partial charge in [-0.2, -0.15) is 0 Å². The second kappa shape index (κ2) is 8.68. The van der Waals surface area contributed by atoms with Gasteiger partial charge in [0, 0.05) is 38.3 Å². The molecule has 4 rings (SSSR count). The lowest BCUT2D eigenvalue weighted by molar-refractivity contribution is 0.0240. The number of rotatable bonds is 3. The predicted molar refractivity (Wildman–Crippen MR) is 121 cm³/mol. The number of nitrogens with one attached hydrogen (secondary N) is 1. The van der Waals surface area contributed by atoms with Gasteiger partial charge in [-0.05, 0) is 38.5 Å². The Hall–Kier alpha value is -3.29. The fraction of sp³-hybridized carbons (Fsp3) is 0.417. The standard InChI is InChI=1S/C24H29FN4O3/c1-24(2,3)32-23(31)28-13-11-27(12-14-28)21-18-15-26-22(30)29(20(18)10-9-19(21)25)16-17-7-5-4-6-8-17/h4-10H,11-16H2,1-3H3,(H,26,30). The van der Waals surface area contributed by atoms with Crippen LogP contribution in [0.2, 0.25) is 0 Å². The maximum Gasteiger partial charge on any atom is 0.410 e. The molecule has 0 spiro atoms. The number of amides is 3. The number of fused-ring (bicyclic) bond motifs is 1. The molecule has 2 heterocycles. The first-order valence-electron chi connectivity index (χ1n) is 10.9. The summed E-state index contributed by atoms with van der Waals surface area (Å²) in [7, 11) is 0. The summed E-state index contributed by atoms with van der Waals surface area (Å²) in [6, 6.07) is 12.6. The van der Waals surface area contributed by atoms with Crippen molar-refractivity contribution in [1.82, 2.24) is 10.2 Å². The molecular formula is C24H29FN4O3. The van der Waals surface area contributed by atoms with Crippen molar-refractivity contribution in [1.29, 1.82) is 0 Å². The van der Waals surface area contributed by atoms with Crippen LogP contribution in [0.1, 0.15) is 31.9 Å². The Balaban J connectivity index is 1.55. The van der Waals surface area contributed by atoms with E-state index in [1.54, 1.807) is 15.9 Å². The van der Waals surface area contributed by atoms with Crippen molar-refractivity contribution in [2.75, 3.05) is 36.0 Å². The van der Waals surface area contributed by atoms with Crippen LogP contribution in [0.5, 0.6) is 0 Å². The highest BCUT2D eigenvalue weighted by atomic mass is 19.1. The quantitative estimate of drug-likeness (QED) is 0.780. The van der Waals surface area contributed by atoms with Gasteiger partial charge in [0.1, 0.15) is 11.4 Å². The molecule has 32 heavy (non-hydrogen) atoms. The van der Waals surface area contributed by atoms with Crippen molar-refractivity contribution in [2.24, 2.45) is 0 Å². The van der Waals surface area contributed by atoms with Crippen molar-refractivity contribution in [3.05, 3.63) is 59.4 Å². The molecule has 0 aromatic heterocycles. The number of benzene rings is 2. The largest absolute Gasteiger partial charge is 0.444 e. The van der Waals surface area contributed by atoms with Crippen LogP contribution < -0.4 is 15.1 Å². The maximum absolute atomic E-state index is 15.0. The topological polar surface area (TPSA) is 65.1 Å². The molecule has 2 aliphatic heterocycles. The summed E-state index contributed by atoms with van der Waals surface area (Å²) in [4.78, 5) is 30.2. The third-order valence-corrected chi connectivity index (χ3v) is 5.59. The van der Waals surface area contributed by atoms with E-state index in [0.29, 0.717) is 44.1 Å². The molecule has 2 aliphatic rings. The summed E-state index contributed by atoms with van der Waals surface area (Å²) >= 11 is 0. The monoisotopic (exact) mass is 440 g/mol. The zero-order chi connectivity index (χ0) is 22.9. The number of urea groups is 1. The zero-order valence-electron chi connectivity index (χ0n) is 18.7. The zero-order valence-corrected chi connectivity index (χ0v) is 18.7. The minimum absolute atomic E-state index is 0.200. The lowest BCUT2D eigenvalue weighted by atomic mass is 10.0. The highest BCUT2D eigenvalue weighted by Crippen LogP contribution is 2.36. The number of carbonyl (C=O) groups excluding carboxylic acids is 2. The smallest absolute Gasteiger partial charge is 0.410 e. The van der Waals surface area contributed by atoms with Gasteiger partial charge in [-0.15, -0.1) is 0 Å². The van der Waals surface area contributed by atoms with Crippen LogP contribution in [0, 0.1) is 5.82 Å². The molecule has 0 unspecified atom stereocenters. The first-order valence-corrected chi connectivity index (χ1v) is 10.9. The minimum Gasteiger partial charge on any atom is -0.444 e. The van der Waals surface area contributed by atoms with Crippen molar-refractivity contribution in [2.45, 2.75) is 39.5 Å². The maximum atomic E-state index is 15.0. The molecule has 2 aromatic carbocycles. The van der Waals surface area contributed by atoms with E-state index in [1.165, 1.54) is 6.07 Å². The number of halogens is 1. The van der Waals surface area contributed by atoms with Gasteiger partial charge in [-0.1, -0.05) is 30.3 Å². The highest BCUT2D eigenvalue weighted by Gasteiger charge is 2.32. The van der Waals surface area contributed by atoms with E-state index in [1.807, 2.05) is 56.0 Å². The van der Waals surface area contributed by atoms with Gasteiger partial charge in [0.15, 0.2) is 0 Å². The van der Waals surface area contributed by atoms with Crippen molar-refractivity contribution < 1.29 is 18.7 Å². The highest BCUT2D eigenvalue weighted by molar-refractivity contribution is 5.96. The van der Waals surface area contributed by atoms with Crippen LogP contribution in [0.4, 0.5) is 25.4 Å². The van der Waals surface area contributed by atoms with Crippen LogP contribution in [0.15, 0.2) is 42.5 Å². The lowest BCUT2D eigenvalue weighted by Crippen LogP contribution is -2.51. The summed E-state index contributed by atoms with van der Waals surface area (Å²) in [5.74, 6) is -0.328. The van der Waals surface area contributed by atoms with E-state index >= 15 is 4.39 Å². The minimum atomic E-state index is -0.556. The van der Waals surface area contributed by atoms with Gasteiger partial charge in [0.25, 0.3) is 0 Å². The second-order valence-electron chi connectivity index (χ2n) is 9.08. The average Bonchev–Trinajstić information content (AvgIpc) is 2.75. The van der Waals surface area contributed by atoms with Gasteiger partial charge in [0.2, 0.25) is 0 Å². The molecule has 0 atom stereocenters. The molecule has 8 heteroatoms. The Morgan fingerprint density at radius 3 is 2.41 bits per heavy atom. The summed E-state index contributed by atoms with van der Waals surface area (Å²) in [6.07, 6.45) is -0.353. The van der Waals surface area contributed by atoms with Gasteiger partial charge in [0.05, 0.1) is 17.9 Å². The molecule has 3 amide bonds. The van der Waals surface area contributed by atoms with Crippen molar-refractivity contribution >= 4 is 23.5 Å². The fourth-order valence-corrected chi connectivity index (χ4v) is 4.10. The summed E-state index contributed by atoms with van der Waals surface area (Å²) in [5, 5.41) is 2.88. The number of hydrogen-bond donors (Lipinski definition) is 1. The van der Waals surface area contributed by atoms with Crippen LogP contribution in [-0.4, -0.2) is 48.8 Å². The normalized spacial score (nSPS) is 16.5. The SMILES string of the molecule is CC(C)(C)OC(=O)N1CCN(c2c(F)ccc3c2CNC(=O)N3Cc2ccccc2)CC1. The first kappa shape index (κ1) is 21.9. The number of nitrogens with zero attached hydrogens (tertiary/aromatic N) is 3. The molecule has 1 N–H and O–H groups in total. The molecule has 170 valence electrons. The third kappa shape index (κ3) is 4.64. The molecule has 1 fully saturated rings. The Morgan fingerprint density at radius 1 is 1.06 bits per heavy atom. The Labute approximate surface area is 187 Å². The molecule has 0 radical (unpaired) electrons. The van der Waals surface area contributed by atoms with Gasteiger partial charge >= 0.3 is 12.1 Å². The third-order valence-electron chi connectivity index (χ3n) is 5.59. The fourth-order valence-electron chi connectivity index (χ4n) is 4.10. The number of hydrogen-bond acceptors (Lipinski definition) is 4. The van der Waals surface area contributed by atoms with E-state index < -0.39 is 5.60 Å². The summed E-state index contributed by atoms with van der Waals surface area (Å²) in [5.41, 5.74) is 2.39. The van der Waals surface area contributed by atoms with Gasteiger partial charge in [-0.25, -0.2) is 14.0 Å². The molecule has 0 saturated carbocycles. The Morgan fingerprint density at radius 2 is 1.75 bits per heavy atom. The van der Waals surface area contributed by atoms with Crippen molar-refractivity contribution in [3.8, 4) is 0 Å². The molecule has 2 aromatic rings. The molecule has 1 saturated heterocycles. The van der Waals surface area contributed by atoms with E-state index in [0.717, 1.165) is 11.1 Å². The predicted octanol–water partition coefficient (Wildman–Crippen LogP) is 4.11. The van der Waals surface area contributed by atoms with E-state index in [2.05, 4.69) is 5.32 Å². The van der Waals surface area contributed by atoms with Crippen LogP contribution in [-0.2, 0) is 17.8 Å². The summed E-state index contributed by atoms with van der Waals surface area (Å²) in [6.45, 7) is 8.03. The molecule has 0 bridgehead atoms. The second-order valence-corrected chi connectivity index (χ2v) is 9.08. The Kier molecular flexibility index (Phi) is 5.95. The number of piperazine rings is 1. The summed E-state index contributed by atoms with van der Waals surface area (Å²) < 4.78 is 20.5. The van der Waals surface area contributed by atoms with Gasteiger partial charge < -0.3 is 19.9 Å². The van der Waals surface area contributed by atoms with E-state index in [4.69, 9.17) is 4.74 Å². The number of ether oxygens (including phenoxy) is 1. The first-order chi connectivity index (χ1) is 15.2.